The Morgan fingerprint density at radius 2 is 1.03 bits per heavy atom. The summed E-state index contributed by atoms with van der Waals surface area (Å²) in [7, 11) is -1.93. The van der Waals surface area contributed by atoms with Crippen molar-refractivity contribution in [2.24, 2.45) is 5.92 Å². The molecule has 1 unspecified atom stereocenters. The average molecular weight is 955 g/mol. The number of fused-ring (bicyclic) bond motifs is 5. The third-order valence-electron chi connectivity index (χ3n) is 13.0. The van der Waals surface area contributed by atoms with Crippen molar-refractivity contribution >= 4 is 22.4 Å². The minimum Gasteiger partial charge on any atom is -1.00 e. The molecule has 0 aromatic heterocycles. The Labute approximate surface area is 372 Å². The van der Waals surface area contributed by atoms with Crippen molar-refractivity contribution in [2.45, 2.75) is 102 Å². The fourth-order valence-corrected chi connectivity index (χ4v) is 22.8. The summed E-state index contributed by atoms with van der Waals surface area (Å²) in [6.07, 6.45) is -2.30. The molecule has 0 saturated carbocycles. The first kappa shape index (κ1) is 46.5. The zero-order valence-electron chi connectivity index (χ0n) is 35.8. The molecule has 0 heterocycles. The first-order valence-electron chi connectivity index (χ1n) is 20.1. The second kappa shape index (κ2) is 15.3. The summed E-state index contributed by atoms with van der Waals surface area (Å²) >= 11 is -3.89. The Kier molecular flexibility index (Phi) is 11.9. The number of halogens is 8. The summed E-state index contributed by atoms with van der Waals surface area (Å²) in [4.78, 5) is 0. The van der Waals surface area contributed by atoms with Crippen molar-refractivity contribution in [3.8, 4) is 11.1 Å². The van der Waals surface area contributed by atoms with E-state index in [4.69, 9.17) is 0 Å². The largest absolute Gasteiger partial charge is 1.00 e. The predicted octanol–water partition coefficient (Wildman–Crippen LogP) is 8.81. The van der Waals surface area contributed by atoms with Crippen LogP contribution in [0.1, 0.15) is 115 Å². The fourth-order valence-electron chi connectivity index (χ4n) is 10.6. The van der Waals surface area contributed by atoms with E-state index in [9.17, 15) is 26.3 Å². The van der Waals surface area contributed by atoms with Crippen LogP contribution in [0, 0.1) is 5.92 Å². The monoisotopic (exact) mass is 952 g/mol. The smallest absolute Gasteiger partial charge is 1.00 e. The van der Waals surface area contributed by atoms with Crippen LogP contribution in [-0.2, 0) is 44.4 Å². The topological polar surface area (TPSA) is 0 Å². The Morgan fingerprint density at radius 3 is 1.40 bits per heavy atom. The second-order valence-electron chi connectivity index (χ2n) is 19.1. The molecule has 0 spiro atoms. The van der Waals surface area contributed by atoms with E-state index < -0.39 is 52.8 Å². The van der Waals surface area contributed by atoms with Crippen LogP contribution in [0.25, 0.3) is 22.3 Å². The van der Waals surface area contributed by atoms with Crippen LogP contribution in [-0.4, -0.2) is 11.3 Å². The van der Waals surface area contributed by atoms with Crippen LogP contribution >= 0.6 is 0 Å². The van der Waals surface area contributed by atoms with Crippen molar-refractivity contribution in [1.29, 1.82) is 0 Å². The van der Waals surface area contributed by atoms with Gasteiger partial charge in [-0.15, -0.1) is 0 Å². The van der Waals surface area contributed by atoms with Gasteiger partial charge in [0, 0.05) is 0 Å². The van der Waals surface area contributed by atoms with Gasteiger partial charge in [-0.25, -0.2) is 0 Å². The van der Waals surface area contributed by atoms with Gasteiger partial charge in [0.15, 0.2) is 0 Å². The molecular formula is C50H50Cl2F6SiZr. The number of hydrogen-bond acceptors (Lipinski definition) is 0. The Hall–Kier alpha value is -3.03. The van der Waals surface area contributed by atoms with Crippen molar-refractivity contribution in [1.82, 2.24) is 0 Å². The molecule has 314 valence electrons. The Balaban J connectivity index is 0.00000302. The minimum absolute atomic E-state index is 0. The van der Waals surface area contributed by atoms with E-state index in [1.165, 1.54) is 71.7 Å². The zero-order valence-corrected chi connectivity index (χ0v) is 40.8. The summed E-state index contributed by atoms with van der Waals surface area (Å²) < 4.78 is 89.6. The fraction of sp³-hybridized carbons (Fsp3) is 0.340. The van der Waals surface area contributed by atoms with Gasteiger partial charge >= 0.3 is 350 Å². The van der Waals surface area contributed by atoms with Gasteiger partial charge in [-0.1, -0.05) is 0 Å². The maximum Gasteiger partial charge on any atom is -1.00 e. The van der Waals surface area contributed by atoms with E-state index in [0.717, 1.165) is 34.4 Å². The molecule has 0 fully saturated rings. The number of alkyl halides is 6. The average Bonchev–Trinajstić information content (AvgIpc) is 3.75. The molecule has 4 aromatic rings. The van der Waals surface area contributed by atoms with Gasteiger partial charge in [-0.2, -0.15) is 0 Å². The molecule has 0 aliphatic heterocycles. The Morgan fingerprint density at radius 1 is 0.617 bits per heavy atom. The van der Waals surface area contributed by atoms with Gasteiger partial charge < -0.3 is 24.8 Å². The van der Waals surface area contributed by atoms with Gasteiger partial charge in [0.05, 0.1) is 0 Å². The Bertz CT molecular complexity index is 2480. The quantitative estimate of drug-likeness (QED) is 0.139. The van der Waals surface area contributed by atoms with Gasteiger partial charge in [0.25, 0.3) is 0 Å². The van der Waals surface area contributed by atoms with E-state index in [1.807, 2.05) is 0 Å². The normalized spacial score (nSPS) is 18.6. The van der Waals surface area contributed by atoms with Crippen LogP contribution in [0.15, 0.2) is 105 Å². The van der Waals surface area contributed by atoms with E-state index in [0.29, 0.717) is 14.3 Å². The maximum absolute atomic E-state index is 14.7. The zero-order chi connectivity index (χ0) is 42.2. The first-order chi connectivity index (χ1) is 26.8. The van der Waals surface area contributed by atoms with Crippen molar-refractivity contribution in [3.05, 3.63) is 161 Å². The molecule has 4 aliphatic rings. The molecular weight excluding hydrogens is 905 g/mol. The molecule has 4 aliphatic carbocycles. The van der Waals surface area contributed by atoms with Gasteiger partial charge in [0.1, 0.15) is 0 Å². The van der Waals surface area contributed by atoms with Crippen LogP contribution < -0.4 is 24.8 Å². The van der Waals surface area contributed by atoms with Crippen molar-refractivity contribution in [2.75, 3.05) is 0 Å². The van der Waals surface area contributed by atoms with Crippen LogP contribution in [0.4, 0.5) is 26.3 Å². The molecule has 1 atom stereocenters. The molecule has 0 amide bonds. The first-order valence-corrected chi connectivity index (χ1v) is 27.5. The summed E-state index contributed by atoms with van der Waals surface area (Å²) in [5.74, 6) is -0.0280. The molecule has 0 bridgehead atoms. The maximum atomic E-state index is 14.7. The number of rotatable bonds is 5. The standard InChI is InChI=1S/C25H25.C15H8F6.C10H17Si.2ClH.Zr/c1-14-12-24(3,4)22-8-16-7-17-9-23-19(15(2)13-25(23,5)6)11-21(17)20(16)10-18(14)22;16-14(17,18)12-5-1-3-10(8-12)7-11-4-2-6-13(9-11)15(19,20)21;1-8-6-9(2)10(7-8)11(3,4)5;;;/h7-13H,1-6H3;1-6,8-9H;7-8H,1-5H3;2*1H;/q;;;;;+2/p-2. The van der Waals surface area contributed by atoms with E-state index in [2.05, 4.69) is 118 Å². The van der Waals surface area contributed by atoms with Gasteiger partial charge in [-0.05, 0) is 0 Å². The molecule has 0 N–H and O–H groups in total. The molecule has 60 heavy (non-hydrogen) atoms. The summed E-state index contributed by atoms with van der Waals surface area (Å²) in [6, 6.07) is 20.1. The summed E-state index contributed by atoms with van der Waals surface area (Å²) in [6.45, 7) is 24.5. The van der Waals surface area contributed by atoms with Gasteiger partial charge in [-0.3, -0.25) is 0 Å². The predicted molar refractivity (Wildman–Crippen MR) is 226 cm³/mol. The molecule has 4 aromatic carbocycles. The number of benzene rings is 4. The van der Waals surface area contributed by atoms with Crippen LogP contribution in [0.2, 0.25) is 19.6 Å². The van der Waals surface area contributed by atoms with Crippen LogP contribution in [0.3, 0.4) is 0 Å². The molecule has 10 heteroatoms. The second-order valence-corrected chi connectivity index (χ2v) is 30.1. The summed E-state index contributed by atoms with van der Waals surface area (Å²) in [5.41, 5.74) is 11.5. The molecule has 0 radical (unpaired) electrons. The van der Waals surface area contributed by atoms with E-state index in [1.54, 1.807) is 12.1 Å². The van der Waals surface area contributed by atoms with Crippen molar-refractivity contribution in [3.63, 3.8) is 0 Å². The number of hydrogen-bond donors (Lipinski definition) is 0. The molecule has 0 saturated heterocycles. The molecule has 0 nitrogen and oxygen atoms in total. The minimum atomic E-state index is -4.64. The van der Waals surface area contributed by atoms with Gasteiger partial charge in [0.2, 0.25) is 0 Å². The third kappa shape index (κ3) is 7.62. The van der Waals surface area contributed by atoms with E-state index >= 15 is 0 Å². The van der Waals surface area contributed by atoms with E-state index in [-0.39, 0.29) is 45.2 Å². The summed E-state index contributed by atoms with van der Waals surface area (Å²) in [5, 5.41) is 1.32. The van der Waals surface area contributed by atoms with Crippen molar-refractivity contribution < 1.29 is 72.4 Å². The SMILES string of the molecule is CC1=CC(C)(C)c2cc3c(cc21)-c1cc2c(cc1[CH]3[Zr+2]([C]1=C(C)C([Si](C)(C)C)=CC1C)=[C](c1cccc(C(F)(F)F)c1)c1cccc(C(F)(F)F)c1)C(C)(C)C=C2C.[Cl-].[Cl-]. The molecule has 8 rings (SSSR count). The number of allylic oxidation sites excluding steroid dienone is 8. The third-order valence-corrected chi connectivity index (χ3v) is 24.3. The van der Waals surface area contributed by atoms with Crippen LogP contribution in [0.5, 0.6) is 0 Å².